The van der Waals surface area contributed by atoms with Crippen molar-refractivity contribution in [1.82, 2.24) is 4.90 Å². The molecule has 0 radical (unpaired) electrons. The predicted molar refractivity (Wildman–Crippen MR) is 75.3 cm³/mol. The Morgan fingerprint density at radius 2 is 1.94 bits per heavy atom. The van der Waals surface area contributed by atoms with Crippen molar-refractivity contribution in [2.45, 2.75) is 38.8 Å². The first-order valence-electron chi connectivity index (χ1n) is 6.09. The van der Waals surface area contributed by atoms with E-state index in [0.717, 1.165) is 31.0 Å². The van der Waals surface area contributed by atoms with E-state index in [1.807, 2.05) is 18.2 Å². The third-order valence-electron chi connectivity index (χ3n) is 2.76. The Morgan fingerprint density at radius 3 is 2.53 bits per heavy atom. The van der Waals surface area contributed by atoms with Gasteiger partial charge in [0.25, 0.3) is 0 Å². The third kappa shape index (κ3) is 6.06. The maximum absolute atomic E-state index is 6.13. The van der Waals surface area contributed by atoms with Crippen molar-refractivity contribution in [3.63, 3.8) is 0 Å². The highest BCUT2D eigenvalue weighted by Gasteiger charge is 2.10. The van der Waals surface area contributed by atoms with E-state index in [-0.39, 0.29) is 5.54 Å². The van der Waals surface area contributed by atoms with Gasteiger partial charge in [-0.05, 0) is 51.9 Å². The van der Waals surface area contributed by atoms with Crippen LogP contribution in [0.1, 0.15) is 32.3 Å². The summed E-state index contributed by atoms with van der Waals surface area (Å²) in [5.41, 5.74) is 7.08. The standard InChI is InChI=1S/C14H23ClN2/c1-14(2,16)9-6-10-17(3)11-12-7-4-5-8-13(12)15/h4-5,7-8H,6,9-11,16H2,1-3H3. The summed E-state index contributed by atoms with van der Waals surface area (Å²) in [6, 6.07) is 8.00. The Labute approximate surface area is 110 Å². The Bertz CT molecular complexity index is 344. The molecule has 0 bridgehead atoms. The van der Waals surface area contributed by atoms with Gasteiger partial charge >= 0.3 is 0 Å². The van der Waals surface area contributed by atoms with Crippen LogP contribution in [-0.4, -0.2) is 24.0 Å². The number of benzene rings is 1. The summed E-state index contributed by atoms with van der Waals surface area (Å²) in [6.45, 7) is 6.08. The molecule has 0 amide bonds. The minimum Gasteiger partial charge on any atom is -0.326 e. The zero-order chi connectivity index (χ0) is 12.9. The lowest BCUT2D eigenvalue weighted by atomic mass is 10.00. The van der Waals surface area contributed by atoms with Crippen LogP contribution in [0, 0.1) is 0 Å². The van der Waals surface area contributed by atoms with Crippen LogP contribution in [0.5, 0.6) is 0 Å². The molecule has 1 aromatic carbocycles. The van der Waals surface area contributed by atoms with E-state index in [1.165, 1.54) is 5.56 Å². The lowest BCUT2D eigenvalue weighted by Crippen LogP contribution is -2.33. The van der Waals surface area contributed by atoms with Crippen molar-refractivity contribution < 1.29 is 0 Å². The van der Waals surface area contributed by atoms with Gasteiger partial charge in [-0.3, -0.25) is 0 Å². The summed E-state index contributed by atoms with van der Waals surface area (Å²) >= 11 is 6.13. The van der Waals surface area contributed by atoms with Crippen LogP contribution < -0.4 is 5.73 Å². The Hall–Kier alpha value is -0.570. The van der Waals surface area contributed by atoms with Crippen molar-refractivity contribution in [3.8, 4) is 0 Å². The summed E-state index contributed by atoms with van der Waals surface area (Å²) in [5, 5.41) is 0.846. The van der Waals surface area contributed by atoms with Crippen LogP contribution in [0.15, 0.2) is 24.3 Å². The number of nitrogens with zero attached hydrogens (tertiary/aromatic N) is 1. The van der Waals surface area contributed by atoms with Crippen LogP contribution in [0.25, 0.3) is 0 Å². The number of halogens is 1. The van der Waals surface area contributed by atoms with Gasteiger partial charge < -0.3 is 10.6 Å². The molecule has 0 saturated carbocycles. The van der Waals surface area contributed by atoms with Gasteiger partial charge in [0.05, 0.1) is 0 Å². The fraction of sp³-hybridized carbons (Fsp3) is 0.571. The zero-order valence-corrected chi connectivity index (χ0v) is 11.8. The van der Waals surface area contributed by atoms with E-state index < -0.39 is 0 Å². The fourth-order valence-corrected chi connectivity index (χ4v) is 2.00. The van der Waals surface area contributed by atoms with Crippen LogP contribution in [0.4, 0.5) is 0 Å². The lowest BCUT2D eigenvalue weighted by molar-refractivity contribution is 0.303. The van der Waals surface area contributed by atoms with Crippen molar-refractivity contribution in [2.24, 2.45) is 5.73 Å². The highest BCUT2D eigenvalue weighted by molar-refractivity contribution is 6.31. The maximum Gasteiger partial charge on any atom is 0.0451 e. The summed E-state index contributed by atoms with van der Waals surface area (Å²) < 4.78 is 0. The molecule has 3 heteroatoms. The second kappa shape index (κ2) is 6.39. The van der Waals surface area contributed by atoms with E-state index in [2.05, 4.69) is 31.9 Å². The van der Waals surface area contributed by atoms with Gasteiger partial charge in [0, 0.05) is 17.1 Å². The molecular weight excluding hydrogens is 232 g/mol. The third-order valence-corrected chi connectivity index (χ3v) is 3.13. The normalized spacial score (nSPS) is 12.1. The van der Waals surface area contributed by atoms with Gasteiger partial charge in [0.15, 0.2) is 0 Å². The average molecular weight is 255 g/mol. The molecule has 2 N–H and O–H groups in total. The molecule has 17 heavy (non-hydrogen) atoms. The van der Waals surface area contributed by atoms with Gasteiger partial charge in [0.1, 0.15) is 0 Å². The van der Waals surface area contributed by atoms with Crippen LogP contribution in [-0.2, 0) is 6.54 Å². The SMILES string of the molecule is CN(CCCC(C)(C)N)Cc1ccccc1Cl. The van der Waals surface area contributed by atoms with Gasteiger partial charge in [-0.1, -0.05) is 29.8 Å². The molecule has 1 rings (SSSR count). The molecule has 0 unspecified atom stereocenters. The number of hydrogen-bond donors (Lipinski definition) is 1. The van der Waals surface area contributed by atoms with E-state index >= 15 is 0 Å². The second-order valence-electron chi connectivity index (χ2n) is 5.42. The average Bonchev–Trinajstić information content (AvgIpc) is 2.19. The van der Waals surface area contributed by atoms with Crippen LogP contribution in [0.3, 0.4) is 0 Å². The van der Waals surface area contributed by atoms with E-state index in [1.54, 1.807) is 0 Å². The quantitative estimate of drug-likeness (QED) is 0.844. The van der Waals surface area contributed by atoms with Crippen LogP contribution >= 0.6 is 11.6 Å². The van der Waals surface area contributed by atoms with E-state index in [0.29, 0.717) is 0 Å². The smallest absolute Gasteiger partial charge is 0.0451 e. The Balaban J connectivity index is 2.35. The summed E-state index contributed by atoms with van der Waals surface area (Å²) in [4.78, 5) is 2.28. The van der Waals surface area contributed by atoms with Crippen molar-refractivity contribution >= 4 is 11.6 Å². The molecule has 0 aromatic heterocycles. The first-order chi connectivity index (χ1) is 7.88. The Morgan fingerprint density at radius 1 is 1.29 bits per heavy atom. The fourth-order valence-electron chi connectivity index (χ4n) is 1.80. The monoisotopic (exact) mass is 254 g/mol. The molecule has 0 heterocycles. The summed E-state index contributed by atoms with van der Waals surface area (Å²) in [7, 11) is 2.12. The van der Waals surface area contributed by atoms with Gasteiger partial charge in [0.2, 0.25) is 0 Å². The first kappa shape index (κ1) is 14.5. The van der Waals surface area contributed by atoms with Crippen LogP contribution in [0.2, 0.25) is 5.02 Å². The van der Waals surface area contributed by atoms with Crippen molar-refractivity contribution in [1.29, 1.82) is 0 Å². The zero-order valence-electron chi connectivity index (χ0n) is 11.0. The molecular formula is C14H23ClN2. The molecule has 0 aliphatic rings. The molecule has 1 aromatic rings. The molecule has 0 atom stereocenters. The number of hydrogen-bond acceptors (Lipinski definition) is 2. The molecule has 0 aliphatic carbocycles. The summed E-state index contributed by atoms with van der Waals surface area (Å²) in [5.74, 6) is 0. The van der Waals surface area contributed by atoms with Gasteiger partial charge in [-0.25, -0.2) is 0 Å². The summed E-state index contributed by atoms with van der Waals surface area (Å²) in [6.07, 6.45) is 2.16. The van der Waals surface area contributed by atoms with Crippen molar-refractivity contribution in [3.05, 3.63) is 34.9 Å². The second-order valence-corrected chi connectivity index (χ2v) is 5.83. The van der Waals surface area contributed by atoms with E-state index in [9.17, 15) is 0 Å². The van der Waals surface area contributed by atoms with Gasteiger partial charge in [-0.15, -0.1) is 0 Å². The molecule has 2 nitrogen and oxygen atoms in total. The molecule has 0 saturated heterocycles. The molecule has 0 fully saturated rings. The van der Waals surface area contributed by atoms with Gasteiger partial charge in [-0.2, -0.15) is 0 Å². The lowest BCUT2D eigenvalue weighted by Gasteiger charge is -2.22. The molecule has 96 valence electrons. The highest BCUT2D eigenvalue weighted by atomic mass is 35.5. The highest BCUT2D eigenvalue weighted by Crippen LogP contribution is 2.17. The van der Waals surface area contributed by atoms with Crippen molar-refractivity contribution in [2.75, 3.05) is 13.6 Å². The molecule has 0 aliphatic heterocycles. The first-order valence-corrected chi connectivity index (χ1v) is 6.47. The predicted octanol–water partition coefficient (Wildman–Crippen LogP) is 3.29. The largest absolute Gasteiger partial charge is 0.326 e. The minimum atomic E-state index is -0.0643. The Kier molecular flexibility index (Phi) is 5.44. The topological polar surface area (TPSA) is 29.3 Å². The van der Waals surface area contributed by atoms with E-state index in [4.69, 9.17) is 17.3 Å². The number of nitrogens with two attached hydrogens (primary N) is 1. The maximum atomic E-state index is 6.13. The number of rotatable bonds is 6. The minimum absolute atomic E-state index is 0.0643. The molecule has 0 spiro atoms.